The molecule has 1 heterocycles. The number of para-hydroxylation sites is 1. The molecule has 0 aliphatic rings. The lowest BCUT2D eigenvalue weighted by Gasteiger charge is -2.09. The van der Waals surface area contributed by atoms with Gasteiger partial charge in [0.25, 0.3) is 0 Å². The number of hydrogen-bond acceptors (Lipinski definition) is 2. The molecule has 0 spiro atoms. The van der Waals surface area contributed by atoms with Gasteiger partial charge in [0.2, 0.25) is 0 Å². The average Bonchev–Trinajstić information content (AvgIpc) is 2.82. The van der Waals surface area contributed by atoms with E-state index in [0.29, 0.717) is 5.56 Å². The van der Waals surface area contributed by atoms with Crippen LogP contribution >= 0.6 is 15.9 Å². The minimum absolute atomic E-state index is 0.0297. The van der Waals surface area contributed by atoms with E-state index < -0.39 is 0 Å². The summed E-state index contributed by atoms with van der Waals surface area (Å²) in [5.74, 6) is 0.0297. The van der Waals surface area contributed by atoms with Gasteiger partial charge in [0, 0.05) is 15.4 Å². The molecule has 0 fully saturated rings. The fraction of sp³-hybridized carbons (Fsp3) is 0.0667. The number of benzene rings is 2. The highest BCUT2D eigenvalue weighted by molar-refractivity contribution is 9.10. The molecule has 94 valence electrons. The van der Waals surface area contributed by atoms with Gasteiger partial charge in [-0.3, -0.25) is 4.79 Å². The van der Waals surface area contributed by atoms with Crippen LogP contribution in [0.1, 0.15) is 17.3 Å². The van der Waals surface area contributed by atoms with Crippen molar-refractivity contribution in [1.29, 1.82) is 0 Å². The molecule has 0 amide bonds. The summed E-state index contributed by atoms with van der Waals surface area (Å²) in [4.78, 5) is 11.8. The largest absolute Gasteiger partial charge is 0.294 e. The molecular weight excluding hydrogens is 304 g/mol. The fourth-order valence-electron chi connectivity index (χ4n) is 2.14. The molecule has 1 aromatic heterocycles. The monoisotopic (exact) mass is 314 g/mol. The molecule has 0 bridgehead atoms. The number of hydrogen-bond donors (Lipinski definition) is 0. The molecule has 0 radical (unpaired) electrons. The number of ketones is 1. The lowest BCUT2D eigenvalue weighted by atomic mass is 10.1. The lowest BCUT2D eigenvalue weighted by Crippen LogP contribution is -2.04. The van der Waals surface area contributed by atoms with Gasteiger partial charge in [-0.25, -0.2) is 4.68 Å². The number of carbonyl (C=O) groups excluding carboxylic acids is 1. The van der Waals surface area contributed by atoms with E-state index in [2.05, 4.69) is 21.0 Å². The number of Topliss-reactive ketones (excluding diaryl/α,β-unsaturated/α-hetero) is 1. The van der Waals surface area contributed by atoms with E-state index in [1.165, 1.54) is 0 Å². The number of nitrogens with zero attached hydrogens (tertiary/aromatic N) is 2. The summed E-state index contributed by atoms with van der Waals surface area (Å²) < 4.78 is 2.73. The Kier molecular flexibility index (Phi) is 2.95. The van der Waals surface area contributed by atoms with Crippen molar-refractivity contribution >= 4 is 32.6 Å². The molecule has 0 atom stereocenters. The zero-order valence-corrected chi connectivity index (χ0v) is 11.9. The van der Waals surface area contributed by atoms with Crippen molar-refractivity contribution in [1.82, 2.24) is 9.78 Å². The standard InChI is InChI=1S/C15H11BrN2O/c1-10(19)13-7-6-12(16)8-15(13)18-14-5-3-2-4-11(14)9-17-18/h2-9H,1H3. The maximum absolute atomic E-state index is 11.8. The van der Waals surface area contributed by atoms with Crippen molar-refractivity contribution < 1.29 is 4.79 Å². The summed E-state index contributed by atoms with van der Waals surface area (Å²) in [6.07, 6.45) is 1.81. The van der Waals surface area contributed by atoms with Gasteiger partial charge in [0.05, 0.1) is 17.4 Å². The second-order valence-corrected chi connectivity index (χ2v) is 5.25. The Hall–Kier alpha value is -1.94. The van der Waals surface area contributed by atoms with Gasteiger partial charge in [-0.1, -0.05) is 34.1 Å². The van der Waals surface area contributed by atoms with Crippen molar-refractivity contribution in [2.75, 3.05) is 0 Å². The van der Waals surface area contributed by atoms with Crippen molar-refractivity contribution in [3.63, 3.8) is 0 Å². The quantitative estimate of drug-likeness (QED) is 0.670. The van der Waals surface area contributed by atoms with Crippen LogP contribution in [0.15, 0.2) is 53.1 Å². The van der Waals surface area contributed by atoms with E-state index in [1.54, 1.807) is 17.8 Å². The Balaban J connectivity index is 2.32. The van der Waals surface area contributed by atoms with Gasteiger partial charge in [-0.2, -0.15) is 5.10 Å². The van der Waals surface area contributed by atoms with E-state index in [0.717, 1.165) is 21.1 Å². The molecule has 0 N–H and O–H groups in total. The number of fused-ring (bicyclic) bond motifs is 1. The molecule has 3 nitrogen and oxygen atoms in total. The molecule has 3 aromatic rings. The first kappa shape index (κ1) is 12.1. The summed E-state index contributed by atoms with van der Waals surface area (Å²) in [6, 6.07) is 13.5. The molecule has 2 aromatic carbocycles. The van der Waals surface area contributed by atoms with Gasteiger partial charge in [0.15, 0.2) is 5.78 Å². The Labute approximate surface area is 119 Å². The molecule has 0 saturated heterocycles. The van der Waals surface area contributed by atoms with Gasteiger partial charge in [0.1, 0.15) is 0 Å². The average molecular weight is 315 g/mol. The third-order valence-corrected chi connectivity index (χ3v) is 3.54. The molecule has 0 unspecified atom stereocenters. The van der Waals surface area contributed by atoms with Crippen LogP contribution in [0, 0.1) is 0 Å². The second-order valence-electron chi connectivity index (χ2n) is 4.33. The highest BCUT2D eigenvalue weighted by Crippen LogP contribution is 2.24. The maximum Gasteiger partial charge on any atom is 0.161 e. The summed E-state index contributed by atoms with van der Waals surface area (Å²) in [6.45, 7) is 1.57. The Bertz CT molecular complexity index is 777. The van der Waals surface area contributed by atoms with Gasteiger partial charge in [-0.05, 0) is 31.2 Å². The highest BCUT2D eigenvalue weighted by atomic mass is 79.9. The molecule has 3 rings (SSSR count). The van der Waals surface area contributed by atoms with E-state index in [4.69, 9.17) is 0 Å². The molecule has 0 aliphatic carbocycles. The summed E-state index contributed by atoms with van der Waals surface area (Å²) in [7, 11) is 0. The van der Waals surface area contributed by atoms with Crippen molar-refractivity contribution in [3.8, 4) is 5.69 Å². The predicted octanol–water partition coefficient (Wildman–Crippen LogP) is 3.99. The van der Waals surface area contributed by atoms with Crippen molar-refractivity contribution in [3.05, 3.63) is 58.7 Å². The molecule has 4 heteroatoms. The van der Waals surface area contributed by atoms with Crippen LogP contribution in [0.25, 0.3) is 16.6 Å². The summed E-state index contributed by atoms with van der Waals surface area (Å²) >= 11 is 3.44. The van der Waals surface area contributed by atoms with Crippen molar-refractivity contribution in [2.45, 2.75) is 6.92 Å². The normalized spacial score (nSPS) is 10.8. The Morgan fingerprint density at radius 2 is 2.00 bits per heavy atom. The Morgan fingerprint density at radius 3 is 2.79 bits per heavy atom. The van der Waals surface area contributed by atoms with Gasteiger partial charge < -0.3 is 0 Å². The first-order valence-electron chi connectivity index (χ1n) is 5.90. The van der Waals surface area contributed by atoms with Crippen LogP contribution in [0.4, 0.5) is 0 Å². The third-order valence-electron chi connectivity index (χ3n) is 3.04. The van der Waals surface area contributed by atoms with Crippen LogP contribution in [-0.4, -0.2) is 15.6 Å². The van der Waals surface area contributed by atoms with E-state index in [1.807, 2.05) is 42.5 Å². The Morgan fingerprint density at radius 1 is 1.21 bits per heavy atom. The topological polar surface area (TPSA) is 34.9 Å². The van der Waals surface area contributed by atoms with E-state index in [9.17, 15) is 4.79 Å². The zero-order valence-electron chi connectivity index (χ0n) is 10.3. The fourth-order valence-corrected chi connectivity index (χ4v) is 2.49. The summed E-state index contributed by atoms with van der Waals surface area (Å²) in [5, 5.41) is 5.45. The second kappa shape index (κ2) is 4.63. The van der Waals surface area contributed by atoms with E-state index in [-0.39, 0.29) is 5.78 Å². The molecule has 0 saturated carbocycles. The first-order valence-corrected chi connectivity index (χ1v) is 6.70. The van der Waals surface area contributed by atoms with Gasteiger partial charge in [-0.15, -0.1) is 0 Å². The molecular formula is C15H11BrN2O. The van der Waals surface area contributed by atoms with Crippen LogP contribution in [0.3, 0.4) is 0 Å². The van der Waals surface area contributed by atoms with Crippen LogP contribution < -0.4 is 0 Å². The summed E-state index contributed by atoms with van der Waals surface area (Å²) in [5.41, 5.74) is 2.45. The van der Waals surface area contributed by atoms with Crippen LogP contribution in [0.5, 0.6) is 0 Å². The predicted molar refractivity (Wildman–Crippen MR) is 78.8 cm³/mol. The van der Waals surface area contributed by atoms with Crippen molar-refractivity contribution in [2.24, 2.45) is 0 Å². The zero-order chi connectivity index (χ0) is 13.4. The molecule has 0 aliphatic heterocycles. The maximum atomic E-state index is 11.8. The minimum atomic E-state index is 0.0297. The third kappa shape index (κ3) is 2.08. The lowest BCUT2D eigenvalue weighted by molar-refractivity contribution is 0.101. The van der Waals surface area contributed by atoms with Crippen LogP contribution in [0.2, 0.25) is 0 Å². The van der Waals surface area contributed by atoms with Gasteiger partial charge >= 0.3 is 0 Å². The van der Waals surface area contributed by atoms with E-state index >= 15 is 0 Å². The number of aromatic nitrogens is 2. The first-order chi connectivity index (χ1) is 9.16. The van der Waals surface area contributed by atoms with Crippen LogP contribution in [-0.2, 0) is 0 Å². The minimum Gasteiger partial charge on any atom is -0.294 e. The SMILES string of the molecule is CC(=O)c1ccc(Br)cc1-n1ncc2ccccc21. The smallest absolute Gasteiger partial charge is 0.161 e. The molecule has 19 heavy (non-hydrogen) atoms. The highest BCUT2D eigenvalue weighted by Gasteiger charge is 2.12. The number of carbonyl (C=O) groups is 1. The number of rotatable bonds is 2. The number of halogens is 1.